The van der Waals surface area contributed by atoms with E-state index >= 15 is 0 Å². The lowest BCUT2D eigenvalue weighted by atomic mass is 9.79. The monoisotopic (exact) mass is 322 g/mol. The smallest absolute Gasteiger partial charge is 0.101 e. The Balaban J connectivity index is 2.03. The molecule has 1 aliphatic carbocycles. The Morgan fingerprint density at radius 2 is 2.16 bits per heavy atom. The highest BCUT2D eigenvalue weighted by Crippen LogP contribution is 2.32. The average Bonchev–Trinajstić information content (AvgIpc) is 2.41. The first-order valence-corrected chi connectivity index (χ1v) is 7.48. The van der Waals surface area contributed by atoms with Crippen molar-refractivity contribution in [2.45, 2.75) is 38.2 Å². The summed E-state index contributed by atoms with van der Waals surface area (Å²) in [6.45, 7) is 2.74. The van der Waals surface area contributed by atoms with Crippen molar-refractivity contribution in [3.63, 3.8) is 0 Å². The summed E-state index contributed by atoms with van der Waals surface area (Å²) in [5, 5.41) is 22.8. The van der Waals surface area contributed by atoms with Gasteiger partial charge in [-0.1, -0.05) is 22.9 Å². The van der Waals surface area contributed by atoms with Gasteiger partial charge in [-0.3, -0.25) is 0 Å². The van der Waals surface area contributed by atoms with E-state index in [2.05, 4.69) is 34.2 Å². The minimum absolute atomic E-state index is 0.505. The van der Waals surface area contributed by atoms with E-state index in [1.54, 1.807) is 6.07 Å². The van der Waals surface area contributed by atoms with Crippen molar-refractivity contribution in [2.75, 3.05) is 11.9 Å². The van der Waals surface area contributed by atoms with Crippen LogP contribution in [-0.2, 0) is 0 Å². The lowest BCUT2D eigenvalue weighted by Crippen LogP contribution is -2.40. The molecule has 0 amide bonds. The molecule has 1 aromatic rings. The van der Waals surface area contributed by atoms with E-state index in [0.29, 0.717) is 18.0 Å². The van der Waals surface area contributed by atoms with Crippen LogP contribution in [0.15, 0.2) is 22.7 Å². The maximum atomic E-state index is 10.5. The summed E-state index contributed by atoms with van der Waals surface area (Å²) in [6.07, 6.45) is 3.80. The second-order valence-electron chi connectivity index (χ2n) is 5.56. The summed E-state index contributed by atoms with van der Waals surface area (Å²) >= 11 is 3.40. The fourth-order valence-electron chi connectivity index (χ4n) is 2.50. The zero-order valence-corrected chi connectivity index (χ0v) is 12.7. The highest BCUT2D eigenvalue weighted by atomic mass is 79.9. The summed E-state index contributed by atoms with van der Waals surface area (Å²) in [7, 11) is 0. The Morgan fingerprint density at radius 3 is 2.79 bits per heavy atom. The quantitative estimate of drug-likeness (QED) is 0.892. The molecule has 0 radical (unpaired) electrons. The fourth-order valence-corrected chi connectivity index (χ4v) is 2.86. The molecule has 19 heavy (non-hydrogen) atoms. The number of aliphatic hydroxyl groups is 1. The Kier molecular flexibility index (Phi) is 4.49. The number of nitrogens with one attached hydrogen (secondary N) is 1. The second kappa shape index (κ2) is 5.94. The van der Waals surface area contributed by atoms with Gasteiger partial charge in [-0.25, -0.2) is 0 Å². The van der Waals surface area contributed by atoms with Crippen molar-refractivity contribution >= 4 is 21.6 Å². The molecule has 2 rings (SSSR count). The number of nitriles is 1. The molecular weight excluding hydrogens is 304 g/mol. The number of halogens is 1. The van der Waals surface area contributed by atoms with Crippen molar-refractivity contribution in [3.05, 3.63) is 28.2 Å². The summed E-state index contributed by atoms with van der Waals surface area (Å²) < 4.78 is 0.929. The predicted molar refractivity (Wildman–Crippen MR) is 79.9 cm³/mol. The van der Waals surface area contributed by atoms with Gasteiger partial charge in [-0.15, -0.1) is 0 Å². The Bertz CT molecular complexity index is 487. The lowest BCUT2D eigenvalue weighted by molar-refractivity contribution is 0.00501. The third kappa shape index (κ3) is 3.71. The van der Waals surface area contributed by atoms with Crippen molar-refractivity contribution in [2.24, 2.45) is 5.92 Å². The van der Waals surface area contributed by atoms with Gasteiger partial charge >= 0.3 is 0 Å². The molecule has 0 bridgehead atoms. The van der Waals surface area contributed by atoms with Crippen LogP contribution in [0.5, 0.6) is 0 Å². The Labute approximate surface area is 122 Å². The largest absolute Gasteiger partial charge is 0.388 e. The number of hydrogen-bond donors (Lipinski definition) is 2. The number of anilines is 1. The first kappa shape index (κ1) is 14.4. The highest BCUT2D eigenvalue weighted by Gasteiger charge is 2.31. The van der Waals surface area contributed by atoms with Crippen LogP contribution in [-0.4, -0.2) is 17.3 Å². The van der Waals surface area contributed by atoms with Crippen molar-refractivity contribution in [1.82, 2.24) is 0 Å². The summed E-state index contributed by atoms with van der Waals surface area (Å²) in [6, 6.07) is 7.67. The van der Waals surface area contributed by atoms with E-state index in [1.807, 2.05) is 12.1 Å². The molecule has 3 nitrogen and oxygen atoms in total. The van der Waals surface area contributed by atoms with Gasteiger partial charge in [-0.05, 0) is 49.8 Å². The molecule has 0 aromatic heterocycles. The maximum absolute atomic E-state index is 10.5. The van der Waals surface area contributed by atoms with Gasteiger partial charge in [0.15, 0.2) is 0 Å². The Hall–Kier alpha value is -1.05. The summed E-state index contributed by atoms with van der Waals surface area (Å²) in [5.74, 6) is 0.709. The minimum atomic E-state index is -0.637. The zero-order valence-electron chi connectivity index (χ0n) is 11.1. The van der Waals surface area contributed by atoms with E-state index < -0.39 is 5.60 Å². The standard InChI is InChI=1S/C15H19BrN2O/c1-11-4-6-15(19,7-5-11)10-18-14-8-13(16)3-2-12(14)9-17/h2-3,8,11,18-19H,4-7,10H2,1H3. The number of nitrogens with zero attached hydrogens (tertiary/aromatic N) is 1. The van der Waals surface area contributed by atoms with E-state index in [0.717, 1.165) is 35.8 Å². The van der Waals surface area contributed by atoms with E-state index in [9.17, 15) is 5.11 Å². The molecule has 0 saturated heterocycles. The van der Waals surface area contributed by atoms with Crippen LogP contribution in [0.3, 0.4) is 0 Å². The summed E-state index contributed by atoms with van der Waals surface area (Å²) in [4.78, 5) is 0. The average molecular weight is 323 g/mol. The van der Waals surface area contributed by atoms with Gasteiger partial charge in [0.1, 0.15) is 6.07 Å². The third-order valence-electron chi connectivity index (χ3n) is 3.91. The van der Waals surface area contributed by atoms with Crippen LogP contribution in [0.4, 0.5) is 5.69 Å². The van der Waals surface area contributed by atoms with Gasteiger partial charge in [0.2, 0.25) is 0 Å². The SMILES string of the molecule is CC1CCC(O)(CNc2cc(Br)ccc2C#N)CC1. The zero-order chi connectivity index (χ0) is 13.9. The first-order valence-electron chi connectivity index (χ1n) is 6.68. The fraction of sp³-hybridized carbons (Fsp3) is 0.533. The molecular formula is C15H19BrN2O. The first-order chi connectivity index (χ1) is 9.02. The molecule has 2 N–H and O–H groups in total. The summed E-state index contributed by atoms with van der Waals surface area (Å²) in [5.41, 5.74) is 0.751. The lowest BCUT2D eigenvalue weighted by Gasteiger charge is -2.35. The Morgan fingerprint density at radius 1 is 1.47 bits per heavy atom. The normalized spacial score (nSPS) is 26.7. The van der Waals surface area contributed by atoms with Crippen LogP contribution in [0.25, 0.3) is 0 Å². The van der Waals surface area contributed by atoms with Gasteiger partial charge in [0.25, 0.3) is 0 Å². The molecule has 0 heterocycles. The second-order valence-corrected chi connectivity index (χ2v) is 6.48. The van der Waals surface area contributed by atoms with Gasteiger partial charge in [0.05, 0.1) is 16.9 Å². The van der Waals surface area contributed by atoms with E-state index in [4.69, 9.17) is 5.26 Å². The molecule has 0 unspecified atom stereocenters. The highest BCUT2D eigenvalue weighted by molar-refractivity contribution is 9.10. The molecule has 1 aliphatic rings. The molecule has 4 heteroatoms. The molecule has 102 valence electrons. The van der Waals surface area contributed by atoms with Crippen LogP contribution in [0, 0.1) is 17.2 Å². The maximum Gasteiger partial charge on any atom is 0.101 e. The van der Waals surface area contributed by atoms with Gasteiger partial charge in [-0.2, -0.15) is 5.26 Å². The van der Waals surface area contributed by atoms with Crippen LogP contribution in [0.1, 0.15) is 38.2 Å². The van der Waals surface area contributed by atoms with Crippen LogP contribution >= 0.6 is 15.9 Å². The molecule has 0 atom stereocenters. The van der Waals surface area contributed by atoms with Gasteiger partial charge < -0.3 is 10.4 Å². The number of rotatable bonds is 3. The number of hydrogen-bond acceptors (Lipinski definition) is 3. The molecule has 1 fully saturated rings. The van der Waals surface area contributed by atoms with Crippen molar-refractivity contribution in [3.8, 4) is 6.07 Å². The predicted octanol–water partition coefficient (Wildman–Crippen LogP) is 3.67. The topological polar surface area (TPSA) is 56.0 Å². The van der Waals surface area contributed by atoms with Crippen molar-refractivity contribution < 1.29 is 5.11 Å². The van der Waals surface area contributed by atoms with E-state index in [1.165, 1.54) is 0 Å². The molecule has 0 aliphatic heterocycles. The van der Waals surface area contributed by atoms with Gasteiger partial charge in [0, 0.05) is 11.0 Å². The molecule has 1 saturated carbocycles. The van der Waals surface area contributed by atoms with Crippen LogP contribution < -0.4 is 5.32 Å². The minimum Gasteiger partial charge on any atom is -0.388 e. The number of benzene rings is 1. The van der Waals surface area contributed by atoms with E-state index in [-0.39, 0.29) is 0 Å². The third-order valence-corrected chi connectivity index (χ3v) is 4.41. The molecule has 0 spiro atoms. The van der Waals surface area contributed by atoms with Crippen LogP contribution in [0.2, 0.25) is 0 Å². The molecule has 1 aromatic carbocycles. The van der Waals surface area contributed by atoms with Crippen molar-refractivity contribution in [1.29, 1.82) is 5.26 Å².